The van der Waals surface area contributed by atoms with Gasteiger partial charge in [-0.25, -0.2) is 4.98 Å². The lowest BCUT2D eigenvalue weighted by molar-refractivity contribution is -0.138. The van der Waals surface area contributed by atoms with Crippen LogP contribution in [0.1, 0.15) is 30.3 Å². The van der Waals surface area contributed by atoms with E-state index in [1.165, 1.54) is 0 Å². The number of aryl methyl sites for hydroxylation is 2. The number of carboxylic acids is 1. The Morgan fingerprint density at radius 3 is 2.96 bits per heavy atom. The number of hydrogen-bond donors (Lipinski definition) is 2. The van der Waals surface area contributed by atoms with E-state index in [9.17, 15) is 4.79 Å². The normalized spacial score (nSPS) is 21.8. The van der Waals surface area contributed by atoms with E-state index in [-0.39, 0.29) is 18.3 Å². The molecule has 8 nitrogen and oxygen atoms in total. The third-order valence-corrected chi connectivity index (χ3v) is 4.56. The minimum atomic E-state index is -0.751. The van der Waals surface area contributed by atoms with Crippen molar-refractivity contribution in [3.05, 3.63) is 30.1 Å². The predicted octanol–water partition coefficient (Wildman–Crippen LogP) is 0.890. The first-order valence-corrected chi connectivity index (χ1v) is 7.91. The van der Waals surface area contributed by atoms with Crippen LogP contribution in [-0.2, 0) is 11.3 Å². The Labute approximate surface area is 134 Å². The lowest BCUT2D eigenvalue weighted by atomic mass is 9.91. The summed E-state index contributed by atoms with van der Waals surface area (Å²) >= 11 is 0. The summed E-state index contributed by atoms with van der Waals surface area (Å²) in [6.45, 7) is 5.52. The van der Waals surface area contributed by atoms with Gasteiger partial charge in [0.1, 0.15) is 5.82 Å². The number of hydrogen-bond acceptors (Lipinski definition) is 5. The van der Waals surface area contributed by atoms with Gasteiger partial charge >= 0.3 is 5.97 Å². The Bertz CT molecular complexity index is 638. The second-order valence-electron chi connectivity index (χ2n) is 6.14. The van der Waals surface area contributed by atoms with Gasteiger partial charge in [-0.15, -0.1) is 0 Å². The number of rotatable bonds is 7. The number of likely N-dealkylation sites (tertiary alicyclic amines) is 1. The van der Waals surface area contributed by atoms with Gasteiger partial charge in [-0.05, 0) is 25.8 Å². The van der Waals surface area contributed by atoms with Crippen LogP contribution in [0.3, 0.4) is 0 Å². The molecule has 2 N–H and O–H groups in total. The third kappa shape index (κ3) is 3.76. The largest absolute Gasteiger partial charge is 0.481 e. The van der Waals surface area contributed by atoms with Crippen LogP contribution in [0, 0.1) is 12.8 Å². The molecular weight excluding hydrogens is 296 g/mol. The molecule has 2 atom stereocenters. The van der Waals surface area contributed by atoms with E-state index in [1.807, 2.05) is 19.3 Å². The molecule has 0 aliphatic carbocycles. The molecule has 2 aromatic heterocycles. The number of aliphatic carboxylic acids is 1. The standard InChI is InChI=1S/C15H22N6O2/c1-11-16-3-6-21(11)5-2-4-20-9-12(7-15(22)23)13(10-20)14-8-17-19-18-14/h3,6,8,12-13H,2,4-5,7,9-10H2,1H3,(H,22,23)(H,17,18,19)/t12-,13+/m1/s1. The Hall–Kier alpha value is -2.22. The van der Waals surface area contributed by atoms with Crippen LogP contribution < -0.4 is 0 Å². The smallest absolute Gasteiger partial charge is 0.303 e. The summed E-state index contributed by atoms with van der Waals surface area (Å²) in [4.78, 5) is 17.7. The van der Waals surface area contributed by atoms with E-state index >= 15 is 0 Å². The van der Waals surface area contributed by atoms with Gasteiger partial charge in [0, 0.05) is 37.9 Å². The topological polar surface area (TPSA) is 99.9 Å². The molecule has 3 heterocycles. The molecular formula is C15H22N6O2. The number of H-pyrrole nitrogens is 1. The van der Waals surface area contributed by atoms with Crippen molar-refractivity contribution in [2.75, 3.05) is 19.6 Å². The molecule has 3 rings (SSSR count). The van der Waals surface area contributed by atoms with Crippen LogP contribution in [0.4, 0.5) is 0 Å². The first kappa shape index (κ1) is 15.7. The van der Waals surface area contributed by atoms with E-state index in [0.29, 0.717) is 0 Å². The van der Waals surface area contributed by atoms with Gasteiger partial charge in [-0.2, -0.15) is 15.4 Å². The second kappa shape index (κ2) is 6.91. The van der Waals surface area contributed by atoms with Crippen molar-refractivity contribution in [2.24, 2.45) is 5.92 Å². The Morgan fingerprint density at radius 1 is 1.43 bits per heavy atom. The number of nitrogens with zero attached hydrogens (tertiary/aromatic N) is 5. The van der Waals surface area contributed by atoms with Crippen molar-refractivity contribution in [3.8, 4) is 0 Å². The van der Waals surface area contributed by atoms with E-state index in [2.05, 4.69) is 29.9 Å². The van der Waals surface area contributed by atoms with Crippen LogP contribution in [0.2, 0.25) is 0 Å². The van der Waals surface area contributed by atoms with Crippen molar-refractivity contribution in [1.29, 1.82) is 0 Å². The van der Waals surface area contributed by atoms with Gasteiger partial charge in [-0.3, -0.25) is 4.79 Å². The molecule has 1 saturated heterocycles. The summed E-state index contributed by atoms with van der Waals surface area (Å²) in [6.07, 6.45) is 6.70. The van der Waals surface area contributed by atoms with Crippen molar-refractivity contribution in [3.63, 3.8) is 0 Å². The van der Waals surface area contributed by atoms with E-state index in [1.54, 1.807) is 6.20 Å². The summed E-state index contributed by atoms with van der Waals surface area (Å²) in [7, 11) is 0. The minimum absolute atomic E-state index is 0.0904. The Balaban J connectivity index is 1.56. The first-order chi connectivity index (χ1) is 11.1. The van der Waals surface area contributed by atoms with E-state index < -0.39 is 5.97 Å². The van der Waals surface area contributed by atoms with Gasteiger partial charge in [0.25, 0.3) is 0 Å². The van der Waals surface area contributed by atoms with Crippen molar-refractivity contribution in [1.82, 2.24) is 29.9 Å². The number of carbonyl (C=O) groups is 1. The van der Waals surface area contributed by atoms with Gasteiger partial charge in [0.2, 0.25) is 0 Å². The molecule has 1 aliphatic heterocycles. The molecule has 0 unspecified atom stereocenters. The highest BCUT2D eigenvalue weighted by atomic mass is 16.4. The summed E-state index contributed by atoms with van der Waals surface area (Å²) in [5, 5.41) is 19.8. The van der Waals surface area contributed by atoms with Crippen LogP contribution in [-0.4, -0.2) is 60.6 Å². The maximum absolute atomic E-state index is 11.1. The zero-order chi connectivity index (χ0) is 16.2. The fraction of sp³-hybridized carbons (Fsp3) is 0.600. The molecule has 0 spiro atoms. The predicted molar refractivity (Wildman–Crippen MR) is 82.9 cm³/mol. The number of aromatic amines is 1. The van der Waals surface area contributed by atoms with Crippen LogP contribution in [0.5, 0.6) is 0 Å². The van der Waals surface area contributed by atoms with Crippen LogP contribution in [0.15, 0.2) is 18.6 Å². The molecule has 8 heteroatoms. The fourth-order valence-corrected chi connectivity index (χ4v) is 3.40. The SMILES string of the molecule is Cc1nccn1CCCN1C[C@@H](CC(=O)O)[C@@H](c2cn[nH]n2)C1. The lowest BCUT2D eigenvalue weighted by Gasteiger charge is -2.15. The average molecular weight is 318 g/mol. The van der Waals surface area contributed by atoms with Gasteiger partial charge < -0.3 is 14.6 Å². The number of carboxylic acid groups (broad SMARTS) is 1. The summed E-state index contributed by atoms with van der Waals surface area (Å²) < 4.78 is 2.14. The number of nitrogens with one attached hydrogen (secondary N) is 1. The van der Waals surface area contributed by atoms with Gasteiger partial charge in [0.15, 0.2) is 0 Å². The number of aromatic nitrogens is 5. The molecule has 0 amide bonds. The molecule has 124 valence electrons. The maximum atomic E-state index is 11.1. The number of imidazole rings is 1. The maximum Gasteiger partial charge on any atom is 0.303 e. The Morgan fingerprint density at radius 2 is 2.30 bits per heavy atom. The van der Waals surface area contributed by atoms with Crippen molar-refractivity contribution >= 4 is 5.97 Å². The summed E-state index contributed by atoms with van der Waals surface area (Å²) in [6, 6.07) is 0. The van der Waals surface area contributed by atoms with Gasteiger partial charge in [0.05, 0.1) is 18.3 Å². The minimum Gasteiger partial charge on any atom is -0.481 e. The van der Waals surface area contributed by atoms with Crippen LogP contribution >= 0.6 is 0 Å². The summed E-state index contributed by atoms with van der Waals surface area (Å²) in [5.74, 6) is 0.502. The monoisotopic (exact) mass is 318 g/mol. The Kier molecular flexibility index (Phi) is 4.71. The molecule has 0 aromatic carbocycles. The van der Waals surface area contributed by atoms with Crippen molar-refractivity contribution in [2.45, 2.75) is 32.2 Å². The third-order valence-electron chi connectivity index (χ3n) is 4.56. The lowest BCUT2D eigenvalue weighted by Crippen LogP contribution is -2.23. The molecule has 1 aliphatic rings. The highest BCUT2D eigenvalue weighted by Crippen LogP contribution is 2.33. The highest BCUT2D eigenvalue weighted by molar-refractivity contribution is 5.67. The molecule has 0 saturated carbocycles. The van der Waals surface area contributed by atoms with Crippen molar-refractivity contribution < 1.29 is 9.90 Å². The molecule has 1 fully saturated rings. The fourth-order valence-electron chi connectivity index (χ4n) is 3.40. The van der Waals surface area contributed by atoms with Gasteiger partial charge in [-0.1, -0.05) is 0 Å². The first-order valence-electron chi connectivity index (χ1n) is 7.91. The molecule has 2 aromatic rings. The average Bonchev–Trinajstić information content (AvgIpc) is 3.20. The molecule has 23 heavy (non-hydrogen) atoms. The quantitative estimate of drug-likeness (QED) is 0.786. The molecule has 0 radical (unpaired) electrons. The molecule has 0 bridgehead atoms. The summed E-state index contributed by atoms with van der Waals surface area (Å²) in [5.41, 5.74) is 0.865. The van der Waals surface area contributed by atoms with E-state index in [4.69, 9.17) is 5.11 Å². The zero-order valence-electron chi connectivity index (χ0n) is 13.2. The zero-order valence-corrected chi connectivity index (χ0v) is 13.2. The van der Waals surface area contributed by atoms with Crippen LogP contribution in [0.25, 0.3) is 0 Å². The second-order valence-corrected chi connectivity index (χ2v) is 6.14. The highest BCUT2D eigenvalue weighted by Gasteiger charge is 2.36. The van der Waals surface area contributed by atoms with E-state index in [0.717, 1.165) is 44.1 Å².